The molecule has 1 atom stereocenters. The van der Waals surface area contributed by atoms with Crippen LogP contribution in [-0.4, -0.2) is 32.6 Å². The number of carboxylic acids is 1. The molecule has 8 heteroatoms. The van der Waals surface area contributed by atoms with Gasteiger partial charge < -0.3 is 25.1 Å². The number of nitrogen functional groups attached to an aromatic ring is 1. The van der Waals surface area contributed by atoms with Gasteiger partial charge in [0.1, 0.15) is 18.1 Å². The summed E-state index contributed by atoms with van der Waals surface area (Å²) in [7, 11) is 0. The maximum absolute atomic E-state index is 13.0. The second-order valence-electron chi connectivity index (χ2n) is 9.12. The van der Waals surface area contributed by atoms with Crippen molar-refractivity contribution in [2.24, 2.45) is 0 Å². The molecule has 35 heavy (non-hydrogen) atoms. The van der Waals surface area contributed by atoms with Crippen molar-refractivity contribution in [3.8, 4) is 11.4 Å². The normalized spacial score (nSPS) is 15.2. The van der Waals surface area contributed by atoms with E-state index in [0.29, 0.717) is 22.8 Å². The minimum absolute atomic E-state index is 0.157. The van der Waals surface area contributed by atoms with Crippen molar-refractivity contribution >= 4 is 28.6 Å². The SMILES string of the molecule is Nc1ccc(C[C@H](NC(=O)c2ccc3c(c2)nc(-c2ccoc2)n3C2CCCCC2)C(=O)O)cc1. The fraction of sp³-hybridized carbons (Fsp3) is 0.296. The summed E-state index contributed by atoms with van der Waals surface area (Å²) in [6.07, 6.45) is 9.25. The second kappa shape index (κ2) is 9.66. The number of hydrogen-bond donors (Lipinski definition) is 3. The van der Waals surface area contributed by atoms with Crippen molar-refractivity contribution < 1.29 is 19.1 Å². The Morgan fingerprint density at radius 2 is 1.89 bits per heavy atom. The highest BCUT2D eigenvalue weighted by molar-refractivity contribution is 5.99. The fourth-order valence-electron chi connectivity index (χ4n) is 4.88. The Balaban J connectivity index is 1.43. The van der Waals surface area contributed by atoms with Gasteiger partial charge in [0.25, 0.3) is 5.91 Å². The number of furan rings is 1. The minimum Gasteiger partial charge on any atom is -0.480 e. The van der Waals surface area contributed by atoms with Crippen LogP contribution < -0.4 is 11.1 Å². The number of hydrogen-bond acceptors (Lipinski definition) is 5. The summed E-state index contributed by atoms with van der Waals surface area (Å²) in [4.78, 5) is 29.7. The number of rotatable bonds is 7. The van der Waals surface area contributed by atoms with E-state index >= 15 is 0 Å². The number of aliphatic carboxylic acids is 1. The number of carbonyl (C=O) groups is 2. The van der Waals surface area contributed by atoms with Crippen LogP contribution in [0.1, 0.15) is 54.1 Å². The van der Waals surface area contributed by atoms with E-state index in [0.717, 1.165) is 35.3 Å². The van der Waals surface area contributed by atoms with Gasteiger partial charge in [-0.2, -0.15) is 0 Å². The maximum Gasteiger partial charge on any atom is 0.326 e. The highest BCUT2D eigenvalue weighted by atomic mass is 16.4. The summed E-state index contributed by atoms with van der Waals surface area (Å²) >= 11 is 0. The first-order valence-corrected chi connectivity index (χ1v) is 11.9. The van der Waals surface area contributed by atoms with Crippen molar-refractivity contribution in [3.63, 3.8) is 0 Å². The lowest BCUT2D eigenvalue weighted by Crippen LogP contribution is -2.42. The maximum atomic E-state index is 13.0. The molecule has 0 saturated heterocycles. The van der Waals surface area contributed by atoms with Gasteiger partial charge in [0, 0.05) is 23.7 Å². The van der Waals surface area contributed by atoms with E-state index in [1.165, 1.54) is 19.3 Å². The summed E-state index contributed by atoms with van der Waals surface area (Å²) in [5.74, 6) is -0.725. The molecule has 0 aliphatic heterocycles. The Kier molecular flexibility index (Phi) is 6.27. The van der Waals surface area contributed by atoms with Crippen molar-refractivity contribution in [2.45, 2.75) is 50.6 Å². The number of imidazole rings is 1. The second-order valence-corrected chi connectivity index (χ2v) is 9.12. The number of fused-ring (bicyclic) bond motifs is 1. The molecule has 180 valence electrons. The highest BCUT2D eigenvalue weighted by Gasteiger charge is 2.25. The molecule has 8 nitrogen and oxygen atoms in total. The lowest BCUT2D eigenvalue weighted by atomic mass is 9.95. The Hall–Kier alpha value is -4.07. The quantitative estimate of drug-likeness (QED) is 0.332. The van der Waals surface area contributed by atoms with Crippen molar-refractivity contribution in [1.29, 1.82) is 0 Å². The molecule has 4 N–H and O–H groups in total. The number of nitrogens with zero attached hydrogens (tertiary/aromatic N) is 2. The number of aromatic nitrogens is 2. The standard InChI is InChI=1S/C27H28N4O4/c28-20-9-6-17(7-10-20)14-23(27(33)34)30-26(32)18-8-11-24-22(15-18)29-25(19-12-13-35-16-19)31(24)21-4-2-1-3-5-21/h6-13,15-16,21,23H,1-5,14,28H2,(H,30,32)(H,33,34)/t23-/m0/s1. The topological polar surface area (TPSA) is 123 Å². The van der Waals surface area contributed by atoms with Crippen molar-refractivity contribution in [1.82, 2.24) is 14.9 Å². The molecule has 2 aromatic heterocycles. The average molecular weight is 473 g/mol. The summed E-state index contributed by atoms with van der Waals surface area (Å²) in [6.45, 7) is 0. The lowest BCUT2D eigenvalue weighted by Gasteiger charge is -2.25. The largest absolute Gasteiger partial charge is 0.480 e. The van der Waals surface area contributed by atoms with Gasteiger partial charge in [-0.3, -0.25) is 4.79 Å². The average Bonchev–Trinajstić information content (AvgIpc) is 3.53. The zero-order valence-electron chi connectivity index (χ0n) is 19.3. The molecule has 2 aromatic carbocycles. The number of nitrogens with two attached hydrogens (primary N) is 1. The van der Waals surface area contributed by atoms with Crippen molar-refractivity contribution in [2.75, 3.05) is 5.73 Å². The molecule has 2 heterocycles. The molecule has 1 aliphatic carbocycles. The Labute approximate surface area is 202 Å². The molecule has 0 spiro atoms. The molecule has 0 bridgehead atoms. The van der Waals surface area contributed by atoms with Gasteiger partial charge in [0.15, 0.2) is 0 Å². The Morgan fingerprint density at radius 3 is 2.57 bits per heavy atom. The van der Waals surface area contributed by atoms with Gasteiger partial charge in [-0.15, -0.1) is 0 Å². The predicted molar refractivity (Wildman–Crippen MR) is 133 cm³/mol. The summed E-state index contributed by atoms with van der Waals surface area (Å²) in [6, 6.07) is 13.5. The third kappa shape index (κ3) is 4.77. The van der Waals surface area contributed by atoms with Gasteiger partial charge in [0.05, 0.1) is 22.9 Å². The lowest BCUT2D eigenvalue weighted by molar-refractivity contribution is -0.139. The van der Waals surface area contributed by atoms with Crippen LogP contribution in [0.15, 0.2) is 65.5 Å². The first kappa shape index (κ1) is 22.7. The fourth-order valence-corrected chi connectivity index (χ4v) is 4.88. The number of benzene rings is 2. The number of carboxylic acid groups (broad SMARTS) is 1. The molecule has 1 fully saturated rings. The molecule has 0 unspecified atom stereocenters. The summed E-state index contributed by atoms with van der Waals surface area (Å²) in [5, 5.41) is 12.3. The first-order chi connectivity index (χ1) is 17.0. The van der Waals surface area contributed by atoms with E-state index in [1.807, 2.05) is 12.1 Å². The van der Waals surface area contributed by atoms with Crippen LogP contribution in [0.4, 0.5) is 5.69 Å². The third-order valence-electron chi connectivity index (χ3n) is 6.69. The highest BCUT2D eigenvalue weighted by Crippen LogP contribution is 2.36. The monoisotopic (exact) mass is 472 g/mol. The first-order valence-electron chi connectivity index (χ1n) is 11.9. The van der Waals surface area contributed by atoms with Gasteiger partial charge >= 0.3 is 5.97 Å². The number of carbonyl (C=O) groups excluding carboxylic acids is 1. The molecule has 1 saturated carbocycles. The van der Waals surface area contributed by atoms with Gasteiger partial charge in [-0.05, 0) is 54.8 Å². The van der Waals surface area contributed by atoms with Gasteiger partial charge in [-0.25, -0.2) is 9.78 Å². The van der Waals surface area contributed by atoms with Crippen LogP contribution in [-0.2, 0) is 11.2 Å². The smallest absolute Gasteiger partial charge is 0.326 e. The van der Waals surface area contributed by atoms with E-state index in [4.69, 9.17) is 15.1 Å². The van der Waals surface area contributed by atoms with Gasteiger partial charge in [-0.1, -0.05) is 31.4 Å². The Bertz CT molecular complexity index is 1340. The molecule has 4 aromatic rings. The zero-order chi connectivity index (χ0) is 24.4. The predicted octanol–water partition coefficient (Wildman–Crippen LogP) is 4.81. The van der Waals surface area contributed by atoms with E-state index in [1.54, 1.807) is 48.9 Å². The van der Waals surface area contributed by atoms with E-state index in [2.05, 4.69) is 9.88 Å². The molecular formula is C27H28N4O4. The van der Waals surface area contributed by atoms with Gasteiger partial charge in [0.2, 0.25) is 0 Å². The van der Waals surface area contributed by atoms with Crippen LogP contribution >= 0.6 is 0 Å². The molecule has 5 rings (SSSR count). The summed E-state index contributed by atoms with van der Waals surface area (Å²) < 4.78 is 7.58. The van der Waals surface area contributed by atoms with E-state index in [9.17, 15) is 14.7 Å². The number of anilines is 1. The van der Waals surface area contributed by atoms with Crippen LogP contribution in [0.2, 0.25) is 0 Å². The number of nitrogens with one attached hydrogen (secondary N) is 1. The molecule has 0 radical (unpaired) electrons. The molecule has 1 amide bonds. The number of amides is 1. The van der Waals surface area contributed by atoms with Crippen LogP contribution in [0, 0.1) is 0 Å². The third-order valence-corrected chi connectivity index (χ3v) is 6.69. The van der Waals surface area contributed by atoms with Crippen LogP contribution in [0.3, 0.4) is 0 Å². The van der Waals surface area contributed by atoms with Crippen molar-refractivity contribution in [3.05, 3.63) is 72.2 Å². The Morgan fingerprint density at radius 1 is 1.11 bits per heavy atom. The van der Waals surface area contributed by atoms with E-state index in [-0.39, 0.29) is 6.42 Å². The van der Waals surface area contributed by atoms with Crippen LogP contribution in [0.5, 0.6) is 0 Å². The zero-order valence-corrected chi connectivity index (χ0v) is 19.3. The summed E-state index contributed by atoms with van der Waals surface area (Å²) in [5.41, 5.74) is 10.0. The van der Waals surface area contributed by atoms with Crippen LogP contribution in [0.25, 0.3) is 22.4 Å². The minimum atomic E-state index is -1.10. The molecular weight excluding hydrogens is 444 g/mol. The van der Waals surface area contributed by atoms with E-state index < -0.39 is 17.9 Å². The molecule has 1 aliphatic rings.